The largest absolute Gasteiger partial charge is 0.457 e. The van der Waals surface area contributed by atoms with Crippen molar-refractivity contribution >= 4 is 72.4 Å². The summed E-state index contributed by atoms with van der Waals surface area (Å²) in [7, 11) is 0. The van der Waals surface area contributed by atoms with Crippen LogP contribution >= 0.6 is 0 Å². The lowest BCUT2D eigenvalue weighted by molar-refractivity contribution is 0.0606. The maximum Gasteiger partial charge on any atom is 0.266 e. The van der Waals surface area contributed by atoms with Crippen molar-refractivity contribution in [3.8, 4) is 23.0 Å². The van der Waals surface area contributed by atoms with Crippen LogP contribution in [-0.4, -0.2) is 35.1 Å². The second-order valence-electron chi connectivity index (χ2n) is 24.9. The summed E-state index contributed by atoms with van der Waals surface area (Å²) >= 11 is 0. The molecule has 8 aromatic rings. The van der Waals surface area contributed by atoms with Gasteiger partial charge in [0.25, 0.3) is 23.6 Å². The van der Waals surface area contributed by atoms with Crippen LogP contribution in [0.3, 0.4) is 0 Å². The van der Waals surface area contributed by atoms with Gasteiger partial charge in [0.2, 0.25) is 0 Å². The fourth-order valence-electron chi connectivity index (χ4n) is 11.0. The maximum atomic E-state index is 15.2. The number of hydrogen-bond donors (Lipinski definition) is 0. The van der Waals surface area contributed by atoms with E-state index in [0.717, 1.165) is 54.4 Å². The van der Waals surface area contributed by atoms with Crippen molar-refractivity contribution in [1.82, 2.24) is 4.90 Å². The number of benzene rings is 8. The molecule has 380 valence electrons. The Morgan fingerprint density at radius 2 is 0.784 bits per heavy atom. The first kappa shape index (κ1) is 50.5. The van der Waals surface area contributed by atoms with E-state index in [0.29, 0.717) is 107 Å². The summed E-state index contributed by atoms with van der Waals surface area (Å²) in [6, 6.07) is 33.0. The van der Waals surface area contributed by atoms with E-state index in [9.17, 15) is 9.59 Å². The number of carbonyl (C=O) groups excluding carboxylic acids is 4. The lowest BCUT2D eigenvalue weighted by atomic mass is 9.80. The fraction of sp³-hybridized carbons (Fsp3) is 0.364. The summed E-state index contributed by atoms with van der Waals surface area (Å²) in [5.74, 6) is 0.464. The molecule has 10 rings (SSSR count). The van der Waals surface area contributed by atoms with Gasteiger partial charge >= 0.3 is 0 Å². The van der Waals surface area contributed by atoms with Crippen LogP contribution < -0.4 is 14.4 Å². The molecule has 0 atom stereocenters. The molecule has 8 nitrogen and oxygen atoms in total. The molecule has 0 radical (unpaired) electrons. The highest BCUT2D eigenvalue weighted by Crippen LogP contribution is 2.54. The topological polar surface area (TPSA) is 93.2 Å². The van der Waals surface area contributed by atoms with Crippen LogP contribution in [0.2, 0.25) is 0 Å². The van der Waals surface area contributed by atoms with Crippen molar-refractivity contribution in [1.29, 1.82) is 0 Å². The van der Waals surface area contributed by atoms with Crippen molar-refractivity contribution in [2.45, 2.75) is 150 Å². The highest BCUT2D eigenvalue weighted by molar-refractivity contribution is 6.45. The first-order chi connectivity index (χ1) is 34.9. The van der Waals surface area contributed by atoms with Gasteiger partial charge in [0, 0.05) is 50.0 Å². The van der Waals surface area contributed by atoms with E-state index in [-0.39, 0.29) is 33.5 Å². The zero-order valence-corrected chi connectivity index (χ0v) is 45.6. The minimum Gasteiger partial charge on any atom is -0.457 e. The predicted molar refractivity (Wildman–Crippen MR) is 302 cm³/mol. The molecule has 0 saturated heterocycles. The van der Waals surface area contributed by atoms with Gasteiger partial charge in [-0.05, 0) is 122 Å². The zero-order valence-electron chi connectivity index (χ0n) is 45.6. The van der Waals surface area contributed by atoms with Crippen LogP contribution in [0.4, 0.5) is 5.69 Å². The monoisotopic (exact) mass is 987 g/mol. The van der Waals surface area contributed by atoms with E-state index in [4.69, 9.17) is 9.47 Å². The van der Waals surface area contributed by atoms with Gasteiger partial charge in [-0.15, -0.1) is 0 Å². The van der Waals surface area contributed by atoms with Gasteiger partial charge in [-0.1, -0.05) is 165 Å². The number of unbranched alkanes of at least 4 members (excludes halogenated alkanes) is 5. The number of para-hydroxylation sites is 1. The van der Waals surface area contributed by atoms with E-state index >= 15 is 9.59 Å². The molecule has 2 aliphatic rings. The van der Waals surface area contributed by atoms with Gasteiger partial charge in [0.05, 0.1) is 16.8 Å². The van der Waals surface area contributed by atoms with Gasteiger partial charge < -0.3 is 9.47 Å². The number of imide groups is 2. The Morgan fingerprint density at radius 1 is 0.392 bits per heavy atom. The summed E-state index contributed by atoms with van der Waals surface area (Å²) in [6.07, 6.45) is 6.09. The fourth-order valence-corrected chi connectivity index (χ4v) is 11.0. The summed E-state index contributed by atoms with van der Waals surface area (Å²) in [5, 5.41) is 5.13. The Kier molecular flexibility index (Phi) is 12.3. The molecular weight excluding hydrogens is 917 g/mol. The van der Waals surface area contributed by atoms with Crippen LogP contribution in [0.1, 0.15) is 192 Å². The molecule has 0 bridgehead atoms. The summed E-state index contributed by atoms with van der Waals surface area (Å²) < 4.78 is 14.5. The molecular formula is C66H70N2O6. The summed E-state index contributed by atoms with van der Waals surface area (Å²) in [6.45, 7) is 28.7. The second-order valence-corrected chi connectivity index (χ2v) is 24.9. The molecule has 2 heterocycles. The quantitative estimate of drug-likeness (QED) is 0.0524. The highest BCUT2D eigenvalue weighted by atomic mass is 16.5. The third kappa shape index (κ3) is 8.68. The van der Waals surface area contributed by atoms with E-state index in [1.807, 2.05) is 42.5 Å². The third-order valence-electron chi connectivity index (χ3n) is 15.3. The number of rotatable bonds is 12. The first-order valence-electron chi connectivity index (χ1n) is 26.6. The van der Waals surface area contributed by atoms with Gasteiger partial charge in [-0.25, -0.2) is 4.90 Å². The van der Waals surface area contributed by atoms with Gasteiger partial charge in [0.15, 0.2) is 0 Å². The highest BCUT2D eigenvalue weighted by Gasteiger charge is 2.40. The Bertz CT molecular complexity index is 3550. The van der Waals surface area contributed by atoms with Crippen LogP contribution in [0.25, 0.3) is 43.1 Å². The standard InChI is InChI=1S/C66H70N2O6/c1-14-15-16-17-18-22-29-67-59(69)47-27-25-45-56-52(74-44-34-40(65(8,9)10)31-41(35-44)66(11,12)13)37-50-54-48(61(71)68(62(50)72)42-23-20-19-21-24-42)28-26-46(58(54)56)55-51(36-49(60(67)70)53(47)57(45)55)73-43-32-38(63(2,3)4)30-39(33-43)64(5,6)7/h19-21,23-28,30-37H,14-18,22,29H2,1-13H3. The van der Waals surface area contributed by atoms with E-state index < -0.39 is 11.8 Å². The minimum absolute atomic E-state index is 0.216. The number of ether oxygens (including phenoxy) is 2. The molecule has 0 unspecified atom stereocenters. The predicted octanol–water partition coefficient (Wildman–Crippen LogP) is 17.3. The molecule has 0 fully saturated rings. The normalized spacial score (nSPS) is 14.4. The summed E-state index contributed by atoms with van der Waals surface area (Å²) in [5.41, 5.74) is 5.49. The Morgan fingerprint density at radius 3 is 1.23 bits per heavy atom. The molecule has 8 heteroatoms. The molecule has 74 heavy (non-hydrogen) atoms. The summed E-state index contributed by atoms with van der Waals surface area (Å²) in [4.78, 5) is 62.8. The van der Waals surface area contributed by atoms with Crippen LogP contribution in [-0.2, 0) is 21.7 Å². The molecule has 0 saturated carbocycles. The van der Waals surface area contributed by atoms with E-state index in [2.05, 4.69) is 126 Å². The molecule has 8 aromatic carbocycles. The number of hydrogen-bond acceptors (Lipinski definition) is 6. The molecule has 2 aliphatic heterocycles. The minimum atomic E-state index is -0.469. The number of amides is 4. The van der Waals surface area contributed by atoms with Crippen molar-refractivity contribution < 1.29 is 28.7 Å². The average molecular weight is 987 g/mol. The third-order valence-corrected chi connectivity index (χ3v) is 15.3. The maximum absolute atomic E-state index is 15.2. The molecule has 0 spiro atoms. The number of carbonyl (C=O) groups is 4. The second kappa shape index (κ2) is 18.1. The SMILES string of the molecule is CCCCCCCCN1C(=O)c2ccc3c4c(Oc5cc(C(C)(C)C)cc(C(C)(C)C)c5)cc5c6c(ccc(c7c(Oc8cc(C(C)(C)C)cc(C(C)(C)C)c8)cc(c2c37)C1=O)c64)C(=O)N(c1ccccc1)C5=O. The van der Waals surface area contributed by atoms with Crippen LogP contribution in [0, 0.1) is 0 Å². The van der Waals surface area contributed by atoms with Gasteiger partial charge in [-0.2, -0.15) is 0 Å². The first-order valence-corrected chi connectivity index (χ1v) is 26.6. The lowest BCUT2D eigenvalue weighted by Crippen LogP contribution is -2.41. The van der Waals surface area contributed by atoms with Crippen molar-refractivity contribution in [3.63, 3.8) is 0 Å². The Hall–Kier alpha value is -7.06. The number of fused-ring (bicyclic) bond motifs is 2. The van der Waals surface area contributed by atoms with Crippen LogP contribution in [0.5, 0.6) is 23.0 Å². The van der Waals surface area contributed by atoms with Gasteiger partial charge in [0.1, 0.15) is 23.0 Å². The average Bonchev–Trinajstić information content (AvgIpc) is 3.33. The lowest BCUT2D eigenvalue weighted by Gasteiger charge is -2.31. The Balaban J connectivity index is 1.31. The smallest absolute Gasteiger partial charge is 0.266 e. The zero-order chi connectivity index (χ0) is 53.0. The molecule has 0 aromatic heterocycles. The number of nitrogens with zero attached hydrogens (tertiary/aromatic N) is 2. The van der Waals surface area contributed by atoms with E-state index in [1.165, 1.54) is 9.80 Å². The van der Waals surface area contributed by atoms with Crippen LogP contribution in [0.15, 0.2) is 103 Å². The van der Waals surface area contributed by atoms with Gasteiger partial charge in [-0.3, -0.25) is 24.1 Å². The molecule has 0 aliphatic carbocycles. The van der Waals surface area contributed by atoms with Crippen molar-refractivity contribution in [2.75, 3.05) is 11.4 Å². The molecule has 4 amide bonds. The number of anilines is 1. The Labute approximate surface area is 436 Å². The van der Waals surface area contributed by atoms with Crippen molar-refractivity contribution in [2.24, 2.45) is 0 Å². The molecule has 0 N–H and O–H groups in total. The van der Waals surface area contributed by atoms with Crippen molar-refractivity contribution in [3.05, 3.63) is 148 Å². The van der Waals surface area contributed by atoms with E-state index in [1.54, 1.807) is 24.3 Å².